The molecule has 5 nitrogen and oxygen atoms in total. The van der Waals surface area contributed by atoms with Crippen molar-refractivity contribution in [2.45, 2.75) is 13.5 Å². The van der Waals surface area contributed by atoms with Crippen LogP contribution in [0.2, 0.25) is 0 Å². The molecule has 2 aromatic rings. The van der Waals surface area contributed by atoms with E-state index in [1.807, 2.05) is 25.1 Å². The smallest absolute Gasteiger partial charge is 0.196 e. The van der Waals surface area contributed by atoms with Crippen molar-refractivity contribution >= 4 is 11.6 Å². The summed E-state index contributed by atoms with van der Waals surface area (Å²) >= 11 is 0. The van der Waals surface area contributed by atoms with E-state index < -0.39 is 0 Å². The van der Waals surface area contributed by atoms with Gasteiger partial charge in [-0.15, -0.1) is 0 Å². The molecule has 0 fully saturated rings. The molecule has 0 aliphatic heterocycles. The summed E-state index contributed by atoms with van der Waals surface area (Å²) in [7, 11) is 3.19. The third-order valence-corrected chi connectivity index (χ3v) is 3.32. The first-order chi connectivity index (χ1) is 11.7. The van der Waals surface area contributed by atoms with Gasteiger partial charge in [-0.05, 0) is 36.8 Å². The van der Waals surface area contributed by atoms with Crippen molar-refractivity contribution in [1.29, 1.82) is 0 Å². The molecule has 0 aliphatic carbocycles. The number of nitrogens with zero attached hydrogens (tertiary/aromatic N) is 1. The molecule has 2 rings (SSSR count). The molecule has 0 bridgehead atoms. The maximum atomic E-state index is 12.9. The van der Waals surface area contributed by atoms with Gasteiger partial charge in [0.2, 0.25) is 0 Å². The van der Waals surface area contributed by atoms with Crippen molar-refractivity contribution in [3.63, 3.8) is 0 Å². The van der Waals surface area contributed by atoms with Gasteiger partial charge in [-0.3, -0.25) is 0 Å². The van der Waals surface area contributed by atoms with E-state index in [-0.39, 0.29) is 5.82 Å². The lowest BCUT2D eigenvalue weighted by Crippen LogP contribution is -2.30. The summed E-state index contributed by atoms with van der Waals surface area (Å²) in [5.41, 5.74) is 1.76. The Hall–Kier alpha value is -2.76. The van der Waals surface area contributed by atoms with Gasteiger partial charge in [0.1, 0.15) is 5.82 Å². The lowest BCUT2D eigenvalue weighted by Gasteiger charge is -2.13. The van der Waals surface area contributed by atoms with Crippen molar-refractivity contribution in [3.05, 3.63) is 53.8 Å². The Bertz CT molecular complexity index is 687. The highest BCUT2D eigenvalue weighted by atomic mass is 19.1. The first-order valence-corrected chi connectivity index (χ1v) is 7.68. The second-order valence-corrected chi connectivity index (χ2v) is 5.02. The van der Waals surface area contributed by atoms with Crippen molar-refractivity contribution in [2.75, 3.05) is 26.1 Å². The maximum Gasteiger partial charge on any atom is 0.196 e. The van der Waals surface area contributed by atoms with E-state index in [0.717, 1.165) is 17.8 Å². The fraction of sp³-hybridized carbons (Fsp3) is 0.278. The number of benzene rings is 2. The van der Waals surface area contributed by atoms with Crippen molar-refractivity contribution in [2.24, 2.45) is 4.99 Å². The Morgan fingerprint density at radius 3 is 2.38 bits per heavy atom. The highest BCUT2D eigenvalue weighted by molar-refractivity contribution is 5.93. The quantitative estimate of drug-likeness (QED) is 0.629. The summed E-state index contributed by atoms with van der Waals surface area (Å²) < 4.78 is 23.5. The van der Waals surface area contributed by atoms with E-state index in [9.17, 15) is 4.39 Å². The number of anilines is 1. The lowest BCUT2D eigenvalue weighted by atomic mass is 10.2. The molecule has 0 atom stereocenters. The van der Waals surface area contributed by atoms with Gasteiger partial charge in [0.25, 0.3) is 0 Å². The van der Waals surface area contributed by atoms with Gasteiger partial charge in [-0.2, -0.15) is 0 Å². The van der Waals surface area contributed by atoms with Crippen LogP contribution in [0, 0.1) is 5.82 Å². The van der Waals surface area contributed by atoms with Crippen LogP contribution in [-0.4, -0.2) is 26.7 Å². The zero-order chi connectivity index (χ0) is 17.4. The molecule has 0 aromatic heterocycles. The SMILES string of the molecule is CCNC(=NCc1ccc(F)cc1)Nc1ccc(OC)c(OC)c1. The van der Waals surface area contributed by atoms with Crippen LogP contribution in [0.3, 0.4) is 0 Å². The van der Waals surface area contributed by atoms with Crippen molar-refractivity contribution < 1.29 is 13.9 Å². The molecule has 0 heterocycles. The molecule has 0 saturated carbocycles. The van der Waals surface area contributed by atoms with E-state index >= 15 is 0 Å². The van der Waals surface area contributed by atoms with Gasteiger partial charge in [0.15, 0.2) is 17.5 Å². The molecule has 0 radical (unpaired) electrons. The first kappa shape index (κ1) is 17.6. The standard InChI is InChI=1S/C18H22FN3O2/c1-4-20-18(21-12-13-5-7-14(19)8-6-13)22-15-9-10-16(23-2)17(11-15)24-3/h5-11H,4,12H2,1-3H3,(H2,20,21,22). The number of guanidine groups is 1. The third kappa shape index (κ3) is 4.87. The second kappa shape index (κ2) is 8.76. The number of rotatable bonds is 6. The molecule has 0 unspecified atom stereocenters. The van der Waals surface area contributed by atoms with E-state index in [2.05, 4.69) is 15.6 Å². The van der Waals surface area contributed by atoms with Crippen LogP contribution in [0.4, 0.5) is 10.1 Å². The van der Waals surface area contributed by atoms with Crippen LogP contribution >= 0.6 is 0 Å². The van der Waals surface area contributed by atoms with Crippen LogP contribution in [0.5, 0.6) is 11.5 Å². The zero-order valence-electron chi connectivity index (χ0n) is 14.1. The van der Waals surface area contributed by atoms with Crippen LogP contribution < -0.4 is 20.1 Å². The maximum absolute atomic E-state index is 12.9. The molecule has 24 heavy (non-hydrogen) atoms. The van der Waals surface area contributed by atoms with E-state index in [4.69, 9.17) is 9.47 Å². The van der Waals surface area contributed by atoms with E-state index in [1.165, 1.54) is 12.1 Å². The van der Waals surface area contributed by atoms with Gasteiger partial charge in [0, 0.05) is 18.3 Å². The second-order valence-electron chi connectivity index (χ2n) is 5.02. The number of ether oxygens (including phenoxy) is 2. The van der Waals surface area contributed by atoms with Crippen LogP contribution in [0.1, 0.15) is 12.5 Å². The fourth-order valence-corrected chi connectivity index (χ4v) is 2.12. The molecular weight excluding hydrogens is 309 g/mol. The number of hydrogen-bond acceptors (Lipinski definition) is 3. The highest BCUT2D eigenvalue weighted by Crippen LogP contribution is 2.29. The Labute approximate surface area is 141 Å². The van der Waals surface area contributed by atoms with Gasteiger partial charge in [-0.25, -0.2) is 9.38 Å². The largest absolute Gasteiger partial charge is 0.493 e. The minimum Gasteiger partial charge on any atom is -0.493 e. The summed E-state index contributed by atoms with van der Waals surface area (Å²) in [6, 6.07) is 11.8. The molecule has 0 saturated heterocycles. The molecule has 128 valence electrons. The van der Waals surface area contributed by atoms with Gasteiger partial charge in [0.05, 0.1) is 20.8 Å². The lowest BCUT2D eigenvalue weighted by molar-refractivity contribution is 0.355. The molecule has 0 spiro atoms. The highest BCUT2D eigenvalue weighted by Gasteiger charge is 2.06. The van der Waals surface area contributed by atoms with Crippen molar-refractivity contribution in [3.8, 4) is 11.5 Å². The fourth-order valence-electron chi connectivity index (χ4n) is 2.12. The van der Waals surface area contributed by atoms with Gasteiger partial charge < -0.3 is 20.1 Å². The average Bonchev–Trinajstić information content (AvgIpc) is 2.61. The summed E-state index contributed by atoms with van der Waals surface area (Å²) in [4.78, 5) is 4.51. The molecule has 2 aromatic carbocycles. The van der Waals surface area contributed by atoms with Crippen LogP contribution in [0.15, 0.2) is 47.5 Å². The molecule has 2 N–H and O–H groups in total. The predicted molar refractivity (Wildman–Crippen MR) is 94.4 cm³/mol. The first-order valence-electron chi connectivity index (χ1n) is 7.68. The minimum absolute atomic E-state index is 0.252. The zero-order valence-corrected chi connectivity index (χ0v) is 14.1. The third-order valence-electron chi connectivity index (χ3n) is 3.32. The van der Waals surface area contributed by atoms with Gasteiger partial charge in [-0.1, -0.05) is 12.1 Å². The summed E-state index contributed by atoms with van der Waals surface area (Å²) in [6.07, 6.45) is 0. The summed E-state index contributed by atoms with van der Waals surface area (Å²) in [5, 5.41) is 6.39. The van der Waals surface area contributed by atoms with Gasteiger partial charge >= 0.3 is 0 Å². The Morgan fingerprint density at radius 1 is 1.04 bits per heavy atom. The normalized spacial score (nSPS) is 11.1. The Morgan fingerprint density at radius 2 is 1.75 bits per heavy atom. The number of methoxy groups -OCH3 is 2. The average molecular weight is 331 g/mol. The molecule has 0 amide bonds. The van der Waals surface area contributed by atoms with Crippen LogP contribution in [0.25, 0.3) is 0 Å². The predicted octanol–water partition coefficient (Wildman–Crippen LogP) is 3.42. The van der Waals surface area contributed by atoms with E-state index in [1.54, 1.807) is 26.4 Å². The number of halogens is 1. The number of aliphatic imine (C=N–C) groups is 1. The van der Waals surface area contributed by atoms with E-state index in [0.29, 0.717) is 24.0 Å². The summed E-state index contributed by atoms with van der Waals surface area (Å²) in [6.45, 7) is 3.16. The molecule has 6 heteroatoms. The molecular formula is C18H22FN3O2. The topological polar surface area (TPSA) is 54.9 Å². The Balaban J connectivity index is 2.12. The monoisotopic (exact) mass is 331 g/mol. The minimum atomic E-state index is -0.252. The number of hydrogen-bond donors (Lipinski definition) is 2. The van der Waals surface area contributed by atoms with Crippen molar-refractivity contribution in [1.82, 2.24) is 5.32 Å². The molecule has 0 aliphatic rings. The van der Waals surface area contributed by atoms with Crippen LogP contribution in [-0.2, 0) is 6.54 Å². The number of nitrogens with one attached hydrogen (secondary N) is 2. The Kier molecular flexibility index (Phi) is 6.42. The summed E-state index contributed by atoms with van der Waals surface area (Å²) in [5.74, 6) is 1.68.